The fraction of sp³-hybridized carbons (Fsp3) is 0.323. The maximum Gasteiger partial charge on any atom is 0.343 e. The second-order valence-corrected chi connectivity index (χ2v) is 8.86. The van der Waals surface area contributed by atoms with Gasteiger partial charge in [0.15, 0.2) is 18.1 Å². The Morgan fingerprint density at radius 1 is 0.846 bits per heavy atom. The number of carbonyl (C=O) groups is 2. The van der Waals surface area contributed by atoms with E-state index >= 15 is 0 Å². The molecule has 0 aliphatic carbocycles. The van der Waals surface area contributed by atoms with Crippen molar-refractivity contribution in [1.82, 2.24) is 5.43 Å². The standard InChI is InChI=1S/C31H36N2O6/c1-4-6-8-23-9-14-27(15-10-23)38-22-30(34)33-32-21-24-11-18-28(29(20-24)36-3)39-31(35)25-12-16-26(17-13-25)37-19-7-5-2/h9-18,20-21H,4-8,19,22H2,1-3H3,(H,33,34)/b32-21+. The van der Waals surface area contributed by atoms with E-state index in [9.17, 15) is 9.59 Å². The lowest BCUT2D eigenvalue weighted by Gasteiger charge is -2.10. The number of hydrogen-bond acceptors (Lipinski definition) is 7. The molecule has 8 heteroatoms. The molecule has 0 aromatic heterocycles. The molecule has 0 unspecified atom stereocenters. The van der Waals surface area contributed by atoms with Gasteiger partial charge in [0.25, 0.3) is 5.91 Å². The summed E-state index contributed by atoms with van der Waals surface area (Å²) in [7, 11) is 1.48. The van der Waals surface area contributed by atoms with Crippen LogP contribution >= 0.6 is 0 Å². The number of esters is 1. The van der Waals surface area contributed by atoms with Gasteiger partial charge in [0.2, 0.25) is 0 Å². The molecule has 206 valence electrons. The zero-order valence-corrected chi connectivity index (χ0v) is 22.8. The van der Waals surface area contributed by atoms with E-state index in [0.29, 0.717) is 35.0 Å². The van der Waals surface area contributed by atoms with Crippen LogP contribution in [0.15, 0.2) is 71.8 Å². The number of hydrogen-bond donors (Lipinski definition) is 1. The van der Waals surface area contributed by atoms with Crippen molar-refractivity contribution in [3.63, 3.8) is 0 Å². The first-order valence-corrected chi connectivity index (χ1v) is 13.2. The molecule has 3 aromatic carbocycles. The summed E-state index contributed by atoms with van der Waals surface area (Å²) in [6, 6.07) is 19.5. The number of methoxy groups -OCH3 is 1. The molecule has 39 heavy (non-hydrogen) atoms. The van der Waals surface area contributed by atoms with Crippen LogP contribution in [0.4, 0.5) is 0 Å². The van der Waals surface area contributed by atoms with Gasteiger partial charge in [-0.25, -0.2) is 10.2 Å². The number of unbranched alkanes of at least 4 members (excludes halogenated alkanes) is 2. The van der Waals surface area contributed by atoms with Gasteiger partial charge in [-0.05, 0) is 85.0 Å². The highest BCUT2D eigenvalue weighted by Crippen LogP contribution is 2.28. The third-order valence-electron chi connectivity index (χ3n) is 5.76. The third kappa shape index (κ3) is 9.81. The summed E-state index contributed by atoms with van der Waals surface area (Å²) in [5, 5.41) is 3.97. The highest BCUT2D eigenvalue weighted by atomic mass is 16.6. The average Bonchev–Trinajstić information content (AvgIpc) is 2.96. The molecule has 0 aliphatic heterocycles. The molecular weight excluding hydrogens is 496 g/mol. The smallest absolute Gasteiger partial charge is 0.343 e. The molecule has 0 radical (unpaired) electrons. The van der Waals surface area contributed by atoms with Gasteiger partial charge in [-0.2, -0.15) is 5.10 Å². The van der Waals surface area contributed by atoms with Crippen molar-refractivity contribution in [2.24, 2.45) is 5.10 Å². The zero-order valence-electron chi connectivity index (χ0n) is 22.8. The molecule has 0 bridgehead atoms. The topological polar surface area (TPSA) is 95.5 Å². The molecule has 0 atom stereocenters. The van der Waals surface area contributed by atoms with Crippen LogP contribution in [0, 0.1) is 0 Å². The first-order valence-electron chi connectivity index (χ1n) is 13.2. The molecule has 0 saturated heterocycles. The van der Waals surface area contributed by atoms with Crippen molar-refractivity contribution in [1.29, 1.82) is 0 Å². The summed E-state index contributed by atoms with van der Waals surface area (Å²) < 4.78 is 22.0. The van der Waals surface area contributed by atoms with E-state index in [1.165, 1.54) is 18.9 Å². The molecule has 3 rings (SSSR count). The summed E-state index contributed by atoms with van der Waals surface area (Å²) in [5.74, 6) is 1.04. The Kier molecular flexibility index (Phi) is 11.9. The molecule has 0 fully saturated rings. The fourth-order valence-electron chi connectivity index (χ4n) is 3.52. The second-order valence-electron chi connectivity index (χ2n) is 8.86. The van der Waals surface area contributed by atoms with Crippen molar-refractivity contribution in [3.8, 4) is 23.0 Å². The van der Waals surface area contributed by atoms with Gasteiger partial charge in [0.05, 0.1) is 25.5 Å². The van der Waals surface area contributed by atoms with Gasteiger partial charge in [-0.1, -0.05) is 38.8 Å². The first kappa shape index (κ1) is 29.2. The number of carbonyl (C=O) groups excluding carboxylic acids is 2. The van der Waals surface area contributed by atoms with Gasteiger partial charge >= 0.3 is 5.97 Å². The number of hydrazone groups is 1. The summed E-state index contributed by atoms with van der Waals surface area (Å²) >= 11 is 0. The third-order valence-corrected chi connectivity index (χ3v) is 5.76. The molecular formula is C31H36N2O6. The van der Waals surface area contributed by atoms with Crippen LogP contribution < -0.4 is 24.4 Å². The lowest BCUT2D eigenvalue weighted by atomic mass is 10.1. The van der Waals surface area contributed by atoms with Crippen molar-refractivity contribution >= 4 is 18.1 Å². The highest BCUT2D eigenvalue weighted by Gasteiger charge is 2.13. The predicted molar refractivity (Wildman–Crippen MR) is 151 cm³/mol. The minimum absolute atomic E-state index is 0.157. The Labute approximate surface area is 229 Å². The Balaban J connectivity index is 1.49. The Hall–Kier alpha value is -4.33. The van der Waals surface area contributed by atoms with E-state index in [1.807, 2.05) is 24.3 Å². The number of ether oxygens (including phenoxy) is 4. The van der Waals surface area contributed by atoms with Crippen LogP contribution in [0.2, 0.25) is 0 Å². The van der Waals surface area contributed by atoms with Crippen LogP contribution in [-0.2, 0) is 11.2 Å². The van der Waals surface area contributed by atoms with Gasteiger partial charge in [0.1, 0.15) is 11.5 Å². The molecule has 8 nitrogen and oxygen atoms in total. The Bertz CT molecular complexity index is 1220. The number of aryl methyl sites for hydroxylation is 1. The van der Waals surface area contributed by atoms with Gasteiger partial charge in [-0.3, -0.25) is 4.79 Å². The number of nitrogens with one attached hydrogen (secondary N) is 1. The predicted octanol–water partition coefficient (Wildman–Crippen LogP) is 5.97. The van der Waals surface area contributed by atoms with Crippen LogP contribution in [0.25, 0.3) is 0 Å². The van der Waals surface area contributed by atoms with E-state index in [2.05, 4.69) is 24.4 Å². The number of rotatable bonds is 15. The maximum absolute atomic E-state index is 12.6. The van der Waals surface area contributed by atoms with Crippen LogP contribution in [-0.4, -0.2) is 38.4 Å². The van der Waals surface area contributed by atoms with E-state index in [4.69, 9.17) is 18.9 Å². The van der Waals surface area contributed by atoms with E-state index < -0.39 is 5.97 Å². The van der Waals surface area contributed by atoms with Gasteiger partial charge in [-0.15, -0.1) is 0 Å². The van der Waals surface area contributed by atoms with Crippen molar-refractivity contribution in [2.75, 3.05) is 20.3 Å². The summed E-state index contributed by atoms with van der Waals surface area (Å²) in [6.07, 6.45) is 6.81. The van der Waals surface area contributed by atoms with Gasteiger partial charge in [0, 0.05) is 0 Å². The average molecular weight is 533 g/mol. The molecule has 0 aliphatic rings. The Morgan fingerprint density at radius 2 is 1.54 bits per heavy atom. The van der Waals surface area contributed by atoms with E-state index in [0.717, 1.165) is 32.1 Å². The van der Waals surface area contributed by atoms with Crippen LogP contribution in [0.1, 0.15) is 61.0 Å². The maximum atomic E-state index is 12.6. The summed E-state index contributed by atoms with van der Waals surface area (Å²) in [5.41, 5.74) is 4.72. The first-order chi connectivity index (χ1) is 19.0. The number of amides is 1. The van der Waals surface area contributed by atoms with Crippen LogP contribution in [0.3, 0.4) is 0 Å². The van der Waals surface area contributed by atoms with Gasteiger partial charge < -0.3 is 18.9 Å². The minimum atomic E-state index is -0.516. The molecule has 0 saturated carbocycles. The molecule has 1 amide bonds. The molecule has 3 aromatic rings. The molecule has 1 N–H and O–H groups in total. The Morgan fingerprint density at radius 3 is 2.23 bits per heavy atom. The van der Waals surface area contributed by atoms with Crippen LogP contribution in [0.5, 0.6) is 23.0 Å². The molecule has 0 spiro atoms. The quantitative estimate of drug-likeness (QED) is 0.0853. The summed E-state index contributed by atoms with van der Waals surface area (Å²) in [6.45, 7) is 4.74. The normalized spacial score (nSPS) is 10.7. The number of nitrogens with zero attached hydrogens (tertiary/aromatic N) is 1. The SMILES string of the molecule is CCCCOc1ccc(C(=O)Oc2ccc(/C=N/NC(=O)COc3ccc(CCCC)cc3)cc2OC)cc1. The highest BCUT2D eigenvalue weighted by molar-refractivity contribution is 5.92. The lowest BCUT2D eigenvalue weighted by molar-refractivity contribution is -0.123. The van der Waals surface area contributed by atoms with Crippen molar-refractivity contribution in [2.45, 2.75) is 46.0 Å². The van der Waals surface area contributed by atoms with E-state index in [-0.39, 0.29) is 18.3 Å². The minimum Gasteiger partial charge on any atom is -0.494 e. The monoisotopic (exact) mass is 532 g/mol. The molecule has 0 heterocycles. The second kappa shape index (κ2) is 15.8. The van der Waals surface area contributed by atoms with E-state index in [1.54, 1.807) is 42.5 Å². The largest absolute Gasteiger partial charge is 0.494 e. The summed E-state index contributed by atoms with van der Waals surface area (Å²) in [4.78, 5) is 24.7. The van der Waals surface area contributed by atoms with Crippen molar-refractivity contribution < 1.29 is 28.5 Å². The zero-order chi connectivity index (χ0) is 27.9. The van der Waals surface area contributed by atoms with Crippen molar-refractivity contribution in [3.05, 3.63) is 83.4 Å². The fourth-order valence-corrected chi connectivity index (χ4v) is 3.52. The number of benzene rings is 3. The lowest BCUT2D eigenvalue weighted by Crippen LogP contribution is -2.24.